The summed E-state index contributed by atoms with van der Waals surface area (Å²) < 4.78 is 0. The summed E-state index contributed by atoms with van der Waals surface area (Å²) in [6.45, 7) is 0. The molecule has 0 saturated heterocycles. The Morgan fingerprint density at radius 1 is 1.50 bits per heavy atom. The lowest BCUT2D eigenvalue weighted by Gasteiger charge is -2.20. The Bertz CT molecular complexity index is 376. The molecule has 1 N–H and O–H groups in total. The van der Waals surface area contributed by atoms with Gasteiger partial charge in [-0.1, -0.05) is 6.42 Å². The molecule has 2 aliphatic rings. The number of aromatic nitrogens is 1. The molecule has 2 fully saturated rings. The van der Waals surface area contributed by atoms with E-state index in [0.29, 0.717) is 12.3 Å². The Kier molecular flexibility index (Phi) is 2.67. The van der Waals surface area contributed by atoms with Gasteiger partial charge in [0.05, 0.1) is 0 Å². The number of hydrogen-bond donors (Lipinski definition) is 1. The Morgan fingerprint density at radius 3 is 3.06 bits per heavy atom. The molecule has 3 atom stereocenters. The van der Waals surface area contributed by atoms with Crippen LogP contribution in [-0.2, 0) is 4.79 Å². The standard InChI is InChI=1S/C12H16N2OS/c15-11(14-12-13-3-4-16-12)7-10-6-8-1-2-9(10)5-8/h3-4,8-10H,1-2,5-7H2,(H,13,14,15). The molecule has 0 aromatic carbocycles. The average Bonchev–Trinajstić information content (AvgIpc) is 2.92. The number of carbonyl (C=O) groups excluding carboxylic acids is 1. The summed E-state index contributed by atoms with van der Waals surface area (Å²) in [7, 11) is 0. The summed E-state index contributed by atoms with van der Waals surface area (Å²) in [6, 6.07) is 0. The van der Waals surface area contributed by atoms with Crippen molar-refractivity contribution in [2.45, 2.75) is 32.1 Å². The first kappa shape index (κ1) is 10.3. The number of nitrogens with one attached hydrogen (secondary N) is 1. The van der Waals surface area contributed by atoms with E-state index in [1.807, 2.05) is 5.38 Å². The number of rotatable bonds is 3. The Balaban J connectivity index is 1.53. The van der Waals surface area contributed by atoms with Crippen LogP contribution in [0.3, 0.4) is 0 Å². The van der Waals surface area contributed by atoms with Gasteiger partial charge in [-0.05, 0) is 37.0 Å². The van der Waals surface area contributed by atoms with Gasteiger partial charge in [-0.15, -0.1) is 11.3 Å². The van der Waals surface area contributed by atoms with Crippen molar-refractivity contribution in [3.8, 4) is 0 Å². The number of carbonyl (C=O) groups is 1. The minimum Gasteiger partial charge on any atom is -0.302 e. The number of hydrogen-bond acceptors (Lipinski definition) is 3. The molecular weight excluding hydrogens is 220 g/mol. The van der Waals surface area contributed by atoms with Crippen LogP contribution < -0.4 is 5.32 Å². The molecule has 3 nitrogen and oxygen atoms in total. The summed E-state index contributed by atoms with van der Waals surface area (Å²) >= 11 is 1.48. The number of nitrogens with zero attached hydrogens (tertiary/aromatic N) is 1. The van der Waals surface area contributed by atoms with Gasteiger partial charge in [0.25, 0.3) is 0 Å². The van der Waals surface area contributed by atoms with Gasteiger partial charge in [-0.25, -0.2) is 4.98 Å². The molecule has 2 saturated carbocycles. The van der Waals surface area contributed by atoms with E-state index in [-0.39, 0.29) is 5.91 Å². The Hall–Kier alpha value is -0.900. The molecule has 0 spiro atoms. The summed E-state index contributed by atoms with van der Waals surface area (Å²) in [5.41, 5.74) is 0. The molecule has 3 rings (SSSR count). The van der Waals surface area contributed by atoms with Gasteiger partial charge >= 0.3 is 0 Å². The molecule has 0 radical (unpaired) electrons. The molecule has 3 unspecified atom stereocenters. The molecular formula is C12H16N2OS. The first-order valence-electron chi connectivity index (χ1n) is 6.00. The second-order valence-electron chi connectivity index (χ2n) is 5.02. The molecule has 86 valence electrons. The quantitative estimate of drug-likeness (QED) is 0.876. The van der Waals surface area contributed by atoms with Gasteiger partial charge in [0.15, 0.2) is 5.13 Å². The van der Waals surface area contributed by atoms with Gasteiger partial charge in [0.2, 0.25) is 5.91 Å². The third kappa shape index (κ3) is 1.98. The first-order chi connectivity index (χ1) is 7.81. The van der Waals surface area contributed by atoms with Crippen molar-refractivity contribution in [2.75, 3.05) is 5.32 Å². The molecule has 2 aliphatic carbocycles. The fourth-order valence-corrected chi connectivity index (χ4v) is 3.87. The SMILES string of the molecule is O=C(CC1CC2CCC1C2)Nc1nccs1. The predicted octanol–water partition coefficient (Wildman–Crippen LogP) is 2.91. The van der Waals surface area contributed by atoms with Crippen molar-refractivity contribution in [3.63, 3.8) is 0 Å². The van der Waals surface area contributed by atoms with E-state index < -0.39 is 0 Å². The van der Waals surface area contributed by atoms with Crippen LogP contribution in [0.25, 0.3) is 0 Å². The van der Waals surface area contributed by atoms with Crippen LogP contribution in [0.15, 0.2) is 11.6 Å². The molecule has 2 bridgehead atoms. The van der Waals surface area contributed by atoms with Gasteiger partial charge in [-0.2, -0.15) is 0 Å². The molecule has 16 heavy (non-hydrogen) atoms. The highest BCUT2D eigenvalue weighted by molar-refractivity contribution is 7.13. The maximum atomic E-state index is 11.8. The van der Waals surface area contributed by atoms with Crippen molar-refractivity contribution in [1.29, 1.82) is 0 Å². The van der Waals surface area contributed by atoms with Crippen LogP contribution in [0, 0.1) is 17.8 Å². The third-order valence-electron chi connectivity index (χ3n) is 4.01. The van der Waals surface area contributed by atoms with Crippen molar-refractivity contribution < 1.29 is 4.79 Å². The van der Waals surface area contributed by atoms with Crippen LogP contribution in [0.1, 0.15) is 32.1 Å². The smallest absolute Gasteiger partial charge is 0.226 e. The van der Waals surface area contributed by atoms with Gasteiger partial charge in [0.1, 0.15) is 0 Å². The molecule has 0 aliphatic heterocycles. The highest BCUT2D eigenvalue weighted by atomic mass is 32.1. The lowest BCUT2D eigenvalue weighted by atomic mass is 9.86. The summed E-state index contributed by atoms with van der Waals surface area (Å²) in [5, 5.41) is 5.49. The van der Waals surface area contributed by atoms with Gasteiger partial charge < -0.3 is 5.32 Å². The van der Waals surface area contributed by atoms with Gasteiger partial charge in [0, 0.05) is 18.0 Å². The largest absolute Gasteiger partial charge is 0.302 e. The monoisotopic (exact) mass is 236 g/mol. The lowest BCUT2D eigenvalue weighted by Crippen LogP contribution is -2.20. The number of amides is 1. The van der Waals surface area contributed by atoms with Crippen molar-refractivity contribution in [2.24, 2.45) is 17.8 Å². The molecule has 1 aromatic rings. The van der Waals surface area contributed by atoms with Crippen LogP contribution in [0.4, 0.5) is 5.13 Å². The van der Waals surface area contributed by atoms with E-state index in [1.54, 1.807) is 6.20 Å². The second-order valence-corrected chi connectivity index (χ2v) is 5.92. The number of thiazole rings is 1. The highest BCUT2D eigenvalue weighted by Gasteiger charge is 2.40. The van der Waals surface area contributed by atoms with Crippen LogP contribution >= 0.6 is 11.3 Å². The molecule has 1 amide bonds. The zero-order valence-electron chi connectivity index (χ0n) is 9.19. The van der Waals surface area contributed by atoms with Gasteiger partial charge in [-0.3, -0.25) is 4.79 Å². The zero-order chi connectivity index (χ0) is 11.0. The number of fused-ring (bicyclic) bond motifs is 2. The van der Waals surface area contributed by atoms with E-state index in [0.717, 1.165) is 17.0 Å². The number of anilines is 1. The third-order valence-corrected chi connectivity index (χ3v) is 4.70. The van der Waals surface area contributed by atoms with E-state index in [9.17, 15) is 4.79 Å². The van der Waals surface area contributed by atoms with E-state index in [4.69, 9.17) is 0 Å². The van der Waals surface area contributed by atoms with Crippen molar-refractivity contribution in [3.05, 3.63) is 11.6 Å². The molecule has 1 aromatic heterocycles. The summed E-state index contributed by atoms with van der Waals surface area (Å²) in [4.78, 5) is 15.9. The van der Waals surface area contributed by atoms with Crippen molar-refractivity contribution >= 4 is 22.4 Å². The van der Waals surface area contributed by atoms with E-state index in [2.05, 4.69) is 10.3 Å². The van der Waals surface area contributed by atoms with E-state index in [1.165, 1.54) is 37.0 Å². The van der Waals surface area contributed by atoms with E-state index >= 15 is 0 Å². The predicted molar refractivity (Wildman–Crippen MR) is 64.3 cm³/mol. The topological polar surface area (TPSA) is 42.0 Å². The minimum absolute atomic E-state index is 0.146. The maximum absolute atomic E-state index is 11.8. The van der Waals surface area contributed by atoms with Crippen LogP contribution in [0.2, 0.25) is 0 Å². The Labute approximate surface area is 99.3 Å². The average molecular weight is 236 g/mol. The Morgan fingerprint density at radius 2 is 2.44 bits per heavy atom. The molecule has 4 heteroatoms. The minimum atomic E-state index is 0.146. The second kappa shape index (κ2) is 4.17. The molecule has 1 heterocycles. The zero-order valence-corrected chi connectivity index (χ0v) is 10.0. The normalized spacial score (nSPS) is 31.9. The first-order valence-corrected chi connectivity index (χ1v) is 6.88. The highest BCUT2D eigenvalue weighted by Crippen LogP contribution is 2.49. The van der Waals surface area contributed by atoms with Crippen LogP contribution in [0.5, 0.6) is 0 Å². The summed E-state index contributed by atoms with van der Waals surface area (Å²) in [6.07, 6.45) is 7.80. The summed E-state index contributed by atoms with van der Waals surface area (Å²) in [5.74, 6) is 2.53. The maximum Gasteiger partial charge on any atom is 0.226 e. The lowest BCUT2D eigenvalue weighted by molar-refractivity contribution is -0.117. The van der Waals surface area contributed by atoms with Crippen LogP contribution in [-0.4, -0.2) is 10.9 Å². The fraction of sp³-hybridized carbons (Fsp3) is 0.667. The van der Waals surface area contributed by atoms with Crippen molar-refractivity contribution in [1.82, 2.24) is 4.98 Å². The fourth-order valence-electron chi connectivity index (χ4n) is 3.32.